The van der Waals surface area contributed by atoms with Gasteiger partial charge in [0.25, 0.3) is 0 Å². The van der Waals surface area contributed by atoms with Gasteiger partial charge in [-0.25, -0.2) is 0 Å². The molecule has 1 heterocycles. The number of rotatable bonds is 5. The summed E-state index contributed by atoms with van der Waals surface area (Å²) in [6, 6.07) is 0. The number of aliphatic hydroxyl groups is 1. The lowest BCUT2D eigenvalue weighted by Gasteiger charge is -2.15. The van der Waals surface area contributed by atoms with E-state index < -0.39 is 0 Å². The standard InChI is InChI=1S/C11H21NO2S/c1-8(2)9(13)5-6-12-11(14)10-4-3-7-15-10/h8-10,13H,3-7H2,1-2H3,(H,12,14). The highest BCUT2D eigenvalue weighted by molar-refractivity contribution is 8.00. The molecule has 3 nitrogen and oxygen atoms in total. The monoisotopic (exact) mass is 231 g/mol. The summed E-state index contributed by atoms with van der Waals surface area (Å²) in [6.07, 6.45) is 2.50. The van der Waals surface area contributed by atoms with E-state index in [2.05, 4.69) is 5.32 Å². The zero-order valence-corrected chi connectivity index (χ0v) is 10.3. The number of hydrogen-bond acceptors (Lipinski definition) is 3. The van der Waals surface area contributed by atoms with Gasteiger partial charge in [-0.15, -0.1) is 11.8 Å². The molecule has 4 heteroatoms. The lowest BCUT2D eigenvalue weighted by Crippen LogP contribution is -2.34. The normalized spacial score (nSPS) is 23.1. The van der Waals surface area contributed by atoms with Crippen LogP contribution in [0.15, 0.2) is 0 Å². The smallest absolute Gasteiger partial charge is 0.233 e. The molecule has 1 aliphatic heterocycles. The second kappa shape index (κ2) is 6.38. The Labute approximate surface area is 96.0 Å². The van der Waals surface area contributed by atoms with E-state index in [1.807, 2.05) is 13.8 Å². The molecule has 0 saturated carbocycles. The average Bonchev–Trinajstić information content (AvgIpc) is 2.70. The van der Waals surface area contributed by atoms with Gasteiger partial charge < -0.3 is 10.4 Å². The Morgan fingerprint density at radius 3 is 2.87 bits per heavy atom. The maximum atomic E-state index is 11.6. The van der Waals surface area contributed by atoms with E-state index in [1.54, 1.807) is 11.8 Å². The van der Waals surface area contributed by atoms with Crippen molar-refractivity contribution in [3.63, 3.8) is 0 Å². The molecule has 1 amide bonds. The molecule has 15 heavy (non-hydrogen) atoms. The molecule has 1 saturated heterocycles. The van der Waals surface area contributed by atoms with Crippen molar-refractivity contribution < 1.29 is 9.90 Å². The molecule has 2 N–H and O–H groups in total. The first-order valence-corrected chi connectivity index (χ1v) is 6.73. The first kappa shape index (κ1) is 12.8. The van der Waals surface area contributed by atoms with Crippen LogP contribution in [0.5, 0.6) is 0 Å². The average molecular weight is 231 g/mol. The largest absolute Gasteiger partial charge is 0.393 e. The van der Waals surface area contributed by atoms with E-state index in [1.165, 1.54) is 0 Å². The van der Waals surface area contributed by atoms with E-state index in [-0.39, 0.29) is 23.2 Å². The van der Waals surface area contributed by atoms with Gasteiger partial charge in [0.05, 0.1) is 11.4 Å². The number of carbonyl (C=O) groups is 1. The van der Waals surface area contributed by atoms with Crippen molar-refractivity contribution in [3.8, 4) is 0 Å². The Hall–Kier alpha value is -0.220. The van der Waals surface area contributed by atoms with Crippen LogP contribution in [0.3, 0.4) is 0 Å². The highest BCUT2D eigenvalue weighted by Crippen LogP contribution is 2.25. The summed E-state index contributed by atoms with van der Waals surface area (Å²) < 4.78 is 0. The number of amides is 1. The van der Waals surface area contributed by atoms with Gasteiger partial charge in [0.15, 0.2) is 0 Å². The predicted molar refractivity (Wildman–Crippen MR) is 64.0 cm³/mol. The summed E-state index contributed by atoms with van der Waals surface area (Å²) in [4.78, 5) is 11.6. The Morgan fingerprint density at radius 1 is 1.60 bits per heavy atom. The van der Waals surface area contributed by atoms with Crippen LogP contribution in [0.25, 0.3) is 0 Å². The van der Waals surface area contributed by atoms with E-state index in [0.717, 1.165) is 18.6 Å². The van der Waals surface area contributed by atoms with E-state index in [4.69, 9.17) is 0 Å². The molecule has 0 spiro atoms. The van der Waals surface area contributed by atoms with E-state index >= 15 is 0 Å². The summed E-state index contributed by atoms with van der Waals surface area (Å²) in [5, 5.41) is 12.6. The number of thioether (sulfide) groups is 1. The summed E-state index contributed by atoms with van der Waals surface area (Å²) >= 11 is 1.74. The van der Waals surface area contributed by atoms with Crippen molar-refractivity contribution in [1.29, 1.82) is 0 Å². The van der Waals surface area contributed by atoms with Crippen LogP contribution in [0.1, 0.15) is 33.1 Å². The van der Waals surface area contributed by atoms with Crippen LogP contribution in [0.4, 0.5) is 0 Å². The third kappa shape index (κ3) is 4.43. The van der Waals surface area contributed by atoms with E-state index in [0.29, 0.717) is 13.0 Å². The topological polar surface area (TPSA) is 49.3 Å². The molecule has 0 bridgehead atoms. The molecule has 2 unspecified atom stereocenters. The number of nitrogens with one attached hydrogen (secondary N) is 1. The molecule has 1 fully saturated rings. The lowest BCUT2D eigenvalue weighted by atomic mass is 10.0. The van der Waals surface area contributed by atoms with Crippen molar-refractivity contribution >= 4 is 17.7 Å². The fourth-order valence-corrected chi connectivity index (χ4v) is 2.76. The quantitative estimate of drug-likeness (QED) is 0.752. The highest BCUT2D eigenvalue weighted by atomic mass is 32.2. The van der Waals surface area contributed by atoms with Gasteiger partial charge in [0, 0.05) is 6.54 Å². The summed E-state index contributed by atoms with van der Waals surface area (Å²) in [7, 11) is 0. The van der Waals surface area contributed by atoms with Gasteiger partial charge in [-0.2, -0.15) is 0 Å². The molecule has 0 aromatic rings. The van der Waals surface area contributed by atoms with Crippen LogP contribution in [0.2, 0.25) is 0 Å². The van der Waals surface area contributed by atoms with Gasteiger partial charge in [-0.05, 0) is 30.9 Å². The van der Waals surface area contributed by atoms with Crippen LogP contribution in [-0.4, -0.2) is 34.7 Å². The van der Waals surface area contributed by atoms with Crippen LogP contribution in [-0.2, 0) is 4.79 Å². The Kier molecular flexibility index (Phi) is 5.47. The number of aliphatic hydroxyl groups excluding tert-OH is 1. The van der Waals surface area contributed by atoms with Gasteiger partial charge in [0.1, 0.15) is 0 Å². The number of carbonyl (C=O) groups excluding carboxylic acids is 1. The van der Waals surface area contributed by atoms with Crippen LogP contribution in [0, 0.1) is 5.92 Å². The van der Waals surface area contributed by atoms with Crippen LogP contribution < -0.4 is 5.32 Å². The molecule has 1 aliphatic rings. The highest BCUT2D eigenvalue weighted by Gasteiger charge is 2.22. The third-order valence-electron chi connectivity index (χ3n) is 2.73. The molecule has 0 aromatic carbocycles. The van der Waals surface area contributed by atoms with Gasteiger partial charge in [-0.3, -0.25) is 4.79 Å². The summed E-state index contributed by atoms with van der Waals surface area (Å²) in [5.41, 5.74) is 0. The zero-order chi connectivity index (χ0) is 11.3. The second-order valence-corrected chi connectivity index (χ2v) is 5.70. The molecular formula is C11H21NO2S. The first-order chi connectivity index (χ1) is 7.11. The minimum Gasteiger partial charge on any atom is -0.393 e. The zero-order valence-electron chi connectivity index (χ0n) is 9.53. The number of hydrogen-bond donors (Lipinski definition) is 2. The molecule has 0 radical (unpaired) electrons. The fourth-order valence-electron chi connectivity index (χ4n) is 1.57. The Bertz CT molecular complexity index is 203. The fraction of sp³-hybridized carbons (Fsp3) is 0.909. The van der Waals surface area contributed by atoms with Crippen molar-refractivity contribution in [3.05, 3.63) is 0 Å². The summed E-state index contributed by atoms with van der Waals surface area (Å²) in [5.74, 6) is 1.52. The maximum absolute atomic E-state index is 11.6. The van der Waals surface area contributed by atoms with Gasteiger partial charge >= 0.3 is 0 Å². The minimum absolute atomic E-state index is 0.147. The van der Waals surface area contributed by atoms with Gasteiger partial charge in [0.2, 0.25) is 5.91 Å². The van der Waals surface area contributed by atoms with Crippen LogP contribution >= 0.6 is 11.8 Å². The third-order valence-corrected chi connectivity index (χ3v) is 4.11. The Morgan fingerprint density at radius 2 is 2.33 bits per heavy atom. The molecule has 0 aliphatic carbocycles. The minimum atomic E-state index is -0.304. The molecule has 88 valence electrons. The Balaban J connectivity index is 2.11. The SMILES string of the molecule is CC(C)C(O)CCNC(=O)C1CCCS1. The molecule has 0 aromatic heterocycles. The molecule has 1 rings (SSSR count). The second-order valence-electron chi connectivity index (χ2n) is 4.39. The first-order valence-electron chi connectivity index (χ1n) is 5.68. The molecule has 2 atom stereocenters. The van der Waals surface area contributed by atoms with Gasteiger partial charge in [-0.1, -0.05) is 13.8 Å². The lowest BCUT2D eigenvalue weighted by molar-refractivity contribution is -0.120. The maximum Gasteiger partial charge on any atom is 0.233 e. The summed E-state index contributed by atoms with van der Waals surface area (Å²) in [6.45, 7) is 4.56. The van der Waals surface area contributed by atoms with Crippen molar-refractivity contribution in [1.82, 2.24) is 5.32 Å². The van der Waals surface area contributed by atoms with E-state index in [9.17, 15) is 9.90 Å². The van der Waals surface area contributed by atoms with Crippen molar-refractivity contribution in [2.45, 2.75) is 44.5 Å². The molecular weight excluding hydrogens is 210 g/mol. The van der Waals surface area contributed by atoms with Crippen molar-refractivity contribution in [2.75, 3.05) is 12.3 Å². The predicted octanol–water partition coefficient (Wildman–Crippen LogP) is 1.41. The van der Waals surface area contributed by atoms with Crippen molar-refractivity contribution in [2.24, 2.45) is 5.92 Å².